The quantitative estimate of drug-likeness (QED) is 0.427. The Morgan fingerprint density at radius 1 is 0.778 bits per heavy atom. The van der Waals surface area contributed by atoms with Gasteiger partial charge >= 0.3 is 5.82 Å². The summed E-state index contributed by atoms with van der Waals surface area (Å²) in [5.41, 5.74) is -1.23. The van der Waals surface area contributed by atoms with E-state index in [4.69, 9.17) is 0 Å². The number of nitro benzene ring substituents is 1. The molecule has 134 valence electrons. The first-order valence-electron chi connectivity index (χ1n) is 7.73. The van der Waals surface area contributed by atoms with Crippen molar-refractivity contribution in [3.63, 3.8) is 0 Å². The Hall–Kier alpha value is -4.14. The number of aromatic amines is 1. The molecule has 9 nitrogen and oxygen atoms in total. The zero-order valence-electron chi connectivity index (χ0n) is 13.7. The molecule has 0 unspecified atom stereocenters. The van der Waals surface area contributed by atoms with E-state index in [-0.39, 0.29) is 10.8 Å². The summed E-state index contributed by atoms with van der Waals surface area (Å²) in [5, 5.41) is 28.7. The summed E-state index contributed by atoms with van der Waals surface area (Å²) in [5.74, 6) is -0.744. The molecule has 0 atom stereocenters. The normalized spacial score (nSPS) is 10.2. The summed E-state index contributed by atoms with van der Waals surface area (Å²) >= 11 is 0. The SMILES string of the molecule is O=c1[nH]nc([N+](=O)[O-])c2c([N+](=O)[O-])cccc12.c1ccc2ccccc2c1. The van der Waals surface area contributed by atoms with Crippen molar-refractivity contribution in [1.29, 1.82) is 0 Å². The fourth-order valence-corrected chi connectivity index (χ4v) is 2.60. The van der Waals surface area contributed by atoms with Crippen LogP contribution in [0.1, 0.15) is 0 Å². The molecule has 4 rings (SSSR count). The van der Waals surface area contributed by atoms with Crippen LogP contribution in [0.3, 0.4) is 0 Å². The van der Waals surface area contributed by atoms with Crippen molar-refractivity contribution in [1.82, 2.24) is 10.2 Å². The molecule has 0 saturated carbocycles. The molecule has 0 fully saturated rings. The zero-order chi connectivity index (χ0) is 19.4. The molecule has 0 amide bonds. The van der Waals surface area contributed by atoms with Gasteiger partial charge in [0.05, 0.1) is 15.4 Å². The van der Waals surface area contributed by atoms with Crippen LogP contribution in [-0.4, -0.2) is 20.0 Å². The van der Waals surface area contributed by atoms with Gasteiger partial charge in [0, 0.05) is 6.07 Å². The van der Waals surface area contributed by atoms with E-state index in [1.165, 1.54) is 22.9 Å². The maximum absolute atomic E-state index is 11.4. The number of fused-ring (bicyclic) bond motifs is 2. The minimum Gasteiger partial charge on any atom is -0.358 e. The molecule has 1 heterocycles. The van der Waals surface area contributed by atoms with Crippen molar-refractivity contribution >= 4 is 33.1 Å². The number of nitrogens with zero attached hydrogens (tertiary/aromatic N) is 3. The first kappa shape index (κ1) is 17.7. The number of nitrogens with one attached hydrogen (secondary N) is 1. The van der Waals surface area contributed by atoms with E-state index in [1.54, 1.807) is 0 Å². The van der Waals surface area contributed by atoms with Crippen LogP contribution < -0.4 is 5.56 Å². The first-order chi connectivity index (χ1) is 13.0. The molecular formula is C18H12N4O5. The molecule has 0 spiro atoms. The summed E-state index contributed by atoms with van der Waals surface area (Å²) in [6.07, 6.45) is 0. The Morgan fingerprint density at radius 2 is 1.33 bits per heavy atom. The van der Waals surface area contributed by atoms with Gasteiger partial charge < -0.3 is 10.1 Å². The van der Waals surface area contributed by atoms with Gasteiger partial charge in [0.15, 0.2) is 5.39 Å². The number of non-ortho nitro benzene ring substituents is 1. The Bertz CT molecular complexity index is 1130. The molecule has 27 heavy (non-hydrogen) atoms. The van der Waals surface area contributed by atoms with Crippen LogP contribution >= 0.6 is 0 Å². The number of hydrogen-bond donors (Lipinski definition) is 1. The van der Waals surface area contributed by atoms with E-state index in [9.17, 15) is 25.0 Å². The lowest BCUT2D eigenvalue weighted by Gasteiger charge is -1.98. The van der Waals surface area contributed by atoms with Crippen LogP contribution in [0.4, 0.5) is 11.5 Å². The lowest BCUT2D eigenvalue weighted by Crippen LogP contribution is -2.11. The van der Waals surface area contributed by atoms with Gasteiger partial charge in [0.25, 0.3) is 11.2 Å². The van der Waals surface area contributed by atoms with Gasteiger partial charge in [-0.15, -0.1) is 5.10 Å². The highest BCUT2D eigenvalue weighted by molar-refractivity contribution is 5.95. The van der Waals surface area contributed by atoms with Crippen molar-refractivity contribution in [2.45, 2.75) is 0 Å². The Labute approximate surface area is 151 Å². The molecule has 0 aliphatic heterocycles. The third-order valence-corrected chi connectivity index (χ3v) is 3.80. The number of benzene rings is 3. The van der Waals surface area contributed by atoms with E-state index < -0.39 is 26.9 Å². The summed E-state index contributed by atoms with van der Waals surface area (Å²) in [7, 11) is 0. The molecular weight excluding hydrogens is 352 g/mol. The third kappa shape index (κ3) is 3.61. The predicted molar refractivity (Wildman–Crippen MR) is 99.6 cm³/mol. The van der Waals surface area contributed by atoms with Crippen LogP contribution in [0.5, 0.6) is 0 Å². The molecule has 0 aliphatic rings. The number of nitro groups is 2. The molecule has 0 saturated heterocycles. The van der Waals surface area contributed by atoms with Gasteiger partial charge in [-0.25, -0.2) is 0 Å². The highest BCUT2D eigenvalue weighted by Gasteiger charge is 2.25. The smallest absolute Gasteiger partial charge is 0.358 e. The third-order valence-electron chi connectivity index (χ3n) is 3.80. The van der Waals surface area contributed by atoms with Gasteiger partial charge in [-0.05, 0) is 21.8 Å². The van der Waals surface area contributed by atoms with Gasteiger partial charge in [-0.3, -0.25) is 14.9 Å². The average molecular weight is 364 g/mol. The van der Waals surface area contributed by atoms with E-state index >= 15 is 0 Å². The molecule has 0 bridgehead atoms. The van der Waals surface area contributed by atoms with E-state index in [1.807, 2.05) is 5.10 Å². The highest BCUT2D eigenvalue weighted by atomic mass is 16.6. The van der Waals surface area contributed by atoms with Gasteiger partial charge in [0.2, 0.25) is 0 Å². The number of rotatable bonds is 2. The van der Waals surface area contributed by atoms with Gasteiger partial charge in [-0.1, -0.05) is 54.6 Å². The van der Waals surface area contributed by atoms with Crippen LogP contribution in [0.25, 0.3) is 21.5 Å². The number of aromatic nitrogens is 2. The summed E-state index contributed by atoms with van der Waals surface area (Å²) in [6.45, 7) is 0. The maximum atomic E-state index is 11.4. The predicted octanol–water partition coefficient (Wildman–Crippen LogP) is 3.58. The van der Waals surface area contributed by atoms with E-state index in [2.05, 4.69) is 53.6 Å². The monoisotopic (exact) mass is 364 g/mol. The minimum absolute atomic E-state index is 0.138. The molecule has 1 N–H and O–H groups in total. The van der Waals surface area contributed by atoms with Gasteiger partial charge in [0.1, 0.15) is 0 Å². The second-order valence-corrected chi connectivity index (χ2v) is 5.44. The molecule has 0 aliphatic carbocycles. The molecule has 1 aromatic heterocycles. The molecule has 3 aromatic carbocycles. The van der Waals surface area contributed by atoms with Crippen molar-refractivity contribution < 1.29 is 9.85 Å². The van der Waals surface area contributed by atoms with Crippen molar-refractivity contribution in [3.05, 3.63) is 97.3 Å². The Morgan fingerprint density at radius 3 is 1.81 bits per heavy atom. The van der Waals surface area contributed by atoms with E-state index in [0.717, 1.165) is 6.07 Å². The van der Waals surface area contributed by atoms with Crippen LogP contribution in [0.2, 0.25) is 0 Å². The fraction of sp³-hybridized carbons (Fsp3) is 0. The fourth-order valence-electron chi connectivity index (χ4n) is 2.60. The topological polar surface area (TPSA) is 132 Å². The Kier molecular flexibility index (Phi) is 4.84. The second kappa shape index (κ2) is 7.40. The van der Waals surface area contributed by atoms with Crippen LogP contribution in [-0.2, 0) is 0 Å². The van der Waals surface area contributed by atoms with Crippen molar-refractivity contribution in [3.8, 4) is 0 Å². The summed E-state index contributed by atoms with van der Waals surface area (Å²) in [6, 6.07) is 20.3. The van der Waals surface area contributed by atoms with Crippen molar-refractivity contribution in [2.24, 2.45) is 0 Å². The highest BCUT2D eigenvalue weighted by Crippen LogP contribution is 2.29. The van der Waals surface area contributed by atoms with E-state index in [0.29, 0.717) is 0 Å². The molecule has 0 radical (unpaired) electrons. The lowest BCUT2D eigenvalue weighted by atomic mass is 10.1. The van der Waals surface area contributed by atoms with Crippen molar-refractivity contribution in [2.75, 3.05) is 0 Å². The summed E-state index contributed by atoms with van der Waals surface area (Å²) in [4.78, 5) is 31.1. The minimum atomic E-state index is -0.884. The maximum Gasteiger partial charge on any atom is 0.403 e. The van der Waals surface area contributed by atoms with Gasteiger partial charge in [-0.2, -0.15) is 0 Å². The van der Waals surface area contributed by atoms with Crippen LogP contribution in [0.15, 0.2) is 71.5 Å². The standard InChI is InChI=1S/C10H8.C8H4N4O5/c1-2-6-10-8-4-3-7-9(10)5-1;13-8-4-2-1-3-5(11(14)15)6(4)7(9-10-8)12(16)17/h1-8H;1-3H,(H,10,13). The number of hydrogen-bond acceptors (Lipinski definition) is 6. The average Bonchev–Trinajstić information content (AvgIpc) is 2.68. The first-order valence-corrected chi connectivity index (χ1v) is 7.73. The number of H-pyrrole nitrogens is 1. The van der Waals surface area contributed by atoms with Crippen LogP contribution in [0, 0.1) is 20.2 Å². The zero-order valence-corrected chi connectivity index (χ0v) is 13.7. The lowest BCUT2D eigenvalue weighted by molar-refractivity contribution is -0.393. The summed E-state index contributed by atoms with van der Waals surface area (Å²) < 4.78 is 0. The Balaban J connectivity index is 0.000000177. The molecule has 4 aromatic rings. The second-order valence-electron chi connectivity index (χ2n) is 5.44. The molecule has 9 heteroatoms. The largest absolute Gasteiger partial charge is 0.403 e.